The van der Waals surface area contributed by atoms with E-state index in [-0.39, 0.29) is 5.91 Å². The van der Waals surface area contributed by atoms with Gasteiger partial charge in [-0.05, 0) is 38.0 Å². The fraction of sp³-hybridized carbons (Fsp3) is 0.692. The second kappa shape index (κ2) is 4.17. The van der Waals surface area contributed by atoms with E-state index in [2.05, 4.69) is 15.3 Å². The van der Waals surface area contributed by atoms with Crippen LogP contribution in [0.25, 0.3) is 0 Å². The molecule has 2 aliphatic carbocycles. The number of nitrogens with one attached hydrogen (secondary N) is 2. The maximum atomic E-state index is 12.1. The number of carbonyl (C=O) groups is 1. The first-order valence-corrected chi connectivity index (χ1v) is 6.56. The van der Waals surface area contributed by atoms with E-state index in [0.29, 0.717) is 11.7 Å². The second-order valence-corrected chi connectivity index (χ2v) is 5.39. The standard InChI is InChI=1S/C13H19N3O/c1-8-12(15-7-14-8)13(17)16-11-6-5-9-3-2-4-10(9)11/h7,9-11H,2-6H2,1H3,(H,14,15)(H,16,17)/t9-,10-,11-/m0/s1. The van der Waals surface area contributed by atoms with Gasteiger partial charge in [0.05, 0.1) is 6.33 Å². The number of nitrogens with zero attached hydrogens (tertiary/aromatic N) is 1. The predicted octanol–water partition coefficient (Wildman–Crippen LogP) is 2.03. The molecular formula is C13H19N3O. The molecule has 0 bridgehead atoms. The summed E-state index contributed by atoms with van der Waals surface area (Å²) in [5, 5.41) is 3.17. The van der Waals surface area contributed by atoms with Crippen LogP contribution in [0.15, 0.2) is 6.33 Å². The highest BCUT2D eigenvalue weighted by atomic mass is 16.2. The Kier molecular flexibility index (Phi) is 2.65. The van der Waals surface area contributed by atoms with Gasteiger partial charge in [-0.25, -0.2) is 4.98 Å². The Morgan fingerprint density at radius 1 is 1.41 bits per heavy atom. The van der Waals surface area contributed by atoms with Crippen LogP contribution in [0.4, 0.5) is 0 Å². The molecule has 0 saturated heterocycles. The van der Waals surface area contributed by atoms with Gasteiger partial charge in [0.1, 0.15) is 5.69 Å². The fourth-order valence-corrected chi connectivity index (χ4v) is 3.57. The maximum absolute atomic E-state index is 12.1. The van der Waals surface area contributed by atoms with E-state index in [9.17, 15) is 4.79 Å². The van der Waals surface area contributed by atoms with Gasteiger partial charge in [-0.1, -0.05) is 12.8 Å². The molecule has 2 fully saturated rings. The van der Waals surface area contributed by atoms with Gasteiger partial charge in [0.2, 0.25) is 0 Å². The first-order valence-electron chi connectivity index (χ1n) is 6.56. The predicted molar refractivity (Wildman–Crippen MR) is 64.6 cm³/mol. The molecule has 1 aromatic heterocycles. The summed E-state index contributed by atoms with van der Waals surface area (Å²) in [5.41, 5.74) is 1.40. The van der Waals surface area contributed by atoms with Crippen molar-refractivity contribution in [2.24, 2.45) is 11.8 Å². The highest BCUT2D eigenvalue weighted by Gasteiger charge is 2.39. The quantitative estimate of drug-likeness (QED) is 0.821. The summed E-state index contributed by atoms with van der Waals surface area (Å²) in [5.74, 6) is 1.57. The van der Waals surface area contributed by atoms with Crippen molar-refractivity contribution in [2.75, 3.05) is 0 Å². The Balaban J connectivity index is 1.68. The van der Waals surface area contributed by atoms with Crippen LogP contribution < -0.4 is 5.32 Å². The van der Waals surface area contributed by atoms with Gasteiger partial charge in [0.15, 0.2) is 0 Å². The van der Waals surface area contributed by atoms with Crippen molar-refractivity contribution in [3.05, 3.63) is 17.7 Å². The Morgan fingerprint density at radius 2 is 2.29 bits per heavy atom. The Labute approximate surface area is 101 Å². The largest absolute Gasteiger partial charge is 0.348 e. The molecule has 4 nitrogen and oxygen atoms in total. The molecule has 2 aliphatic rings. The fourth-order valence-electron chi connectivity index (χ4n) is 3.57. The van der Waals surface area contributed by atoms with Crippen molar-refractivity contribution in [1.82, 2.24) is 15.3 Å². The summed E-state index contributed by atoms with van der Waals surface area (Å²) in [6.45, 7) is 1.88. The van der Waals surface area contributed by atoms with Crippen LogP contribution >= 0.6 is 0 Å². The summed E-state index contributed by atoms with van der Waals surface area (Å²) in [7, 11) is 0. The number of aryl methyl sites for hydroxylation is 1. The summed E-state index contributed by atoms with van der Waals surface area (Å²) in [6, 6.07) is 0.381. The first-order chi connectivity index (χ1) is 8.25. The van der Waals surface area contributed by atoms with Crippen molar-refractivity contribution in [2.45, 2.75) is 45.1 Å². The molecule has 1 heterocycles. The molecule has 3 rings (SSSR count). The summed E-state index contributed by atoms with van der Waals surface area (Å²) < 4.78 is 0. The number of rotatable bonds is 2. The summed E-state index contributed by atoms with van der Waals surface area (Å²) in [4.78, 5) is 19.1. The van der Waals surface area contributed by atoms with Gasteiger partial charge < -0.3 is 10.3 Å². The summed E-state index contributed by atoms with van der Waals surface area (Å²) >= 11 is 0. The maximum Gasteiger partial charge on any atom is 0.271 e. The third-order valence-electron chi connectivity index (χ3n) is 4.44. The number of fused-ring (bicyclic) bond motifs is 1. The molecule has 0 unspecified atom stereocenters. The number of H-pyrrole nitrogens is 1. The van der Waals surface area contributed by atoms with Gasteiger partial charge in [0.25, 0.3) is 5.91 Å². The van der Waals surface area contributed by atoms with Crippen LogP contribution in [-0.2, 0) is 0 Å². The Bertz CT molecular complexity index is 426. The zero-order chi connectivity index (χ0) is 11.8. The average Bonchev–Trinajstić information content (AvgIpc) is 2.96. The van der Waals surface area contributed by atoms with E-state index in [0.717, 1.165) is 24.0 Å². The van der Waals surface area contributed by atoms with Gasteiger partial charge >= 0.3 is 0 Å². The molecular weight excluding hydrogens is 214 g/mol. The zero-order valence-corrected chi connectivity index (χ0v) is 10.2. The Morgan fingerprint density at radius 3 is 3.06 bits per heavy atom. The molecule has 0 spiro atoms. The van der Waals surface area contributed by atoms with Crippen LogP contribution in [0, 0.1) is 18.8 Å². The van der Waals surface area contributed by atoms with E-state index in [4.69, 9.17) is 0 Å². The molecule has 1 amide bonds. The van der Waals surface area contributed by atoms with Crippen LogP contribution in [-0.4, -0.2) is 21.9 Å². The molecule has 0 aromatic carbocycles. The average molecular weight is 233 g/mol. The highest BCUT2D eigenvalue weighted by Crippen LogP contribution is 2.43. The van der Waals surface area contributed by atoms with E-state index >= 15 is 0 Å². The van der Waals surface area contributed by atoms with Gasteiger partial charge in [-0.15, -0.1) is 0 Å². The molecule has 3 atom stereocenters. The van der Waals surface area contributed by atoms with Gasteiger partial charge in [-0.2, -0.15) is 0 Å². The van der Waals surface area contributed by atoms with E-state index in [1.165, 1.54) is 25.7 Å². The van der Waals surface area contributed by atoms with Crippen molar-refractivity contribution in [1.29, 1.82) is 0 Å². The Hall–Kier alpha value is -1.32. The van der Waals surface area contributed by atoms with Crippen molar-refractivity contribution < 1.29 is 4.79 Å². The van der Waals surface area contributed by atoms with E-state index in [1.54, 1.807) is 6.33 Å². The van der Waals surface area contributed by atoms with Crippen LogP contribution in [0.1, 0.15) is 48.3 Å². The molecule has 17 heavy (non-hydrogen) atoms. The van der Waals surface area contributed by atoms with Crippen molar-refractivity contribution in [3.63, 3.8) is 0 Å². The monoisotopic (exact) mass is 233 g/mol. The minimum Gasteiger partial charge on any atom is -0.348 e. The third kappa shape index (κ3) is 1.85. The first kappa shape index (κ1) is 10.8. The van der Waals surface area contributed by atoms with Crippen molar-refractivity contribution in [3.8, 4) is 0 Å². The number of hydrogen-bond acceptors (Lipinski definition) is 2. The summed E-state index contributed by atoms with van der Waals surface area (Å²) in [6.07, 6.45) is 7.99. The van der Waals surface area contributed by atoms with Gasteiger partial charge in [0, 0.05) is 11.7 Å². The van der Waals surface area contributed by atoms with Crippen LogP contribution in [0.3, 0.4) is 0 Å². The van der Waals surface area contributed by atoms with E-state index < -0.39 is 0 Å². The molecule has 1 aromatic rings. The number of imidazole rings is 1. The third-order valence-corrected chi connectivity index (χ3v) is 4.44. The number of carbonyl (C=O) groups excluding carboxylic acids is 1. The number of hydrogen-bond donors (Lipinski definition) is 2. The molecule has 92 valence electrons. The second-order valence-electron chi connectivity index (χ2n) is 5.39. The topological polar surface area (TPSA) is 57.8 Å². The van der Waals surface area contributed by atoms with Crippen LogP contribution in [0.2, 0.25) is 0 Å². The lowest BCUT2D eigenvalue weighted by atomic mass is 9.97. The molecule has 2 saturated carbocycles. The number of aromatic amines is 1. The lowest BCUT2D eigenvalue weighted by Gasteiger charge is -2.19. The van der Waals surface area contributed by atoms with Crippen LogP contribution in [0.5, 0.6) is 0 Å². The lowest BCUT2D eigenvalue weighted by Crippen LogP contribution is -2.38. The molecule has 2 N–H and O–H groups in total. The van der Waals surface area contributed by atoms with Gasteiger partial charge in [-0.3, -0.25) is 4.79 Å². The lowest BCUT2D eigenvalue weighted by molar-refractivity contribution is 0.0921. The molecule has 0 radical (unpaired) electrons. The minimum absolute atomic E-state index is 0.0127. The van der Waals surface area contributed by atoms with Crippen molar-refractivity contribution >= 4 is 5.91 Å². The number of aromatic nitrogens is 2. The number of amides is 1. The smallest absolute Gasteiger partial charge is 0.271 e. The SMILES string of the molecule is Cc1[nH]cnc1C(=O)N[C@H]1CC[C@@H]2CCC[C@@H]21. The molecule has 4 heteroatoms. The minimum atomic E-state index is -0.0127. The zero-order valence-electron chi connectivity index (χ0n) is 10.2. The van der Waals surface area contributed by atoms with E-state index in [1.807, 2.05) is 6.92 Å². The molecule has 0 aliphatic heterocycles. The normalized spacial score (nSPS) is 31.5. The highest BCUT2D eigenvalue weighted by molar-refractivity contribution is 5.93.